The van der Waals surface area contributed by atoms with Gasteiger partial charge in [-0.3, -0.25) is 14.9 Å². The molecule has 104 valence electrons. The van der Waals surface area contributed by atoms with E-state index in [1.165, 1.54) is 6.07 Å². The Labute approximate surface area is 113 Å². The summed E-state index contributed by atoms with van der Waals surface area (Å²) in [6, 6.07) is 4.81. The van der Waals surface area contributed by atoms with Crippen LogP contribution in [0.4, 0.5) is 11.7 Å². The van der Waals surface area contributed by atoms with Crippen molar-refractivity contribution in [2.24, 2.45) is 0 Å². The molecule has 0 saturated carbocycles. The van der Waals surface area contributed by atoms with Crippen LogP contribution in [0.25, 0.3) is 11.1 Å². The summed E-state index contributed by atoms with van der Waals surface area (Å²) in [5.74, 6) is 0.0243. The number of benzene rings is 1. The number of carbonyl (C=O) groups excluding carboxylic acids is 1. The van der Waals surface area contributed by atoms with Gasteiger partial charge in [-0.2, -0.15) is 4.98 Å². The van der Waals surface area contributed by atoms with Crippen LogP contribution >= 0.6 is 0 Å². The number of carbonyl (C=O) groups is 1. The van der Waals surface area contributed by atoms with Crippen LogP contribution in [-0.2, 0) is 4.79 Å². The first kappa shape index (κ1) is 12.4. The summed E-state index contributed by atoms with van der Waals surface area (Å²) in [6.07, 6.45) is 1.12. The maximum atomic E-state index is 11.1. The van der Waals surface area contributed by atoms with Gasteiger partial charge >= 0.3 is 0 Å². The second-order valence-electron chi connectivity index (χ2n) is 4.58. The maximum absolute atomic E-state index is 11.1. The van der Waals surface area contributed by atoms with E-state index >= 15 is 0 Å². The number of amides is 1. The first-order valence-corrected chi connectivity index (χ1v) is 6.20. The van der Waals surface area contributed by atoms with Crippen LogP contribution in [0.15, 0.2) is 22.6 Å². The van der Waals surface area contributed by atoms with Gasteiger partial charge in [0.05, 0.1) is 4.92 Å². The third-order valence-electron chi connectivity index (χ3n) is 3.19. The zero-order valence-electron chi connectivity index (χ0n) is 10.5. The molecule has 1 unspecified atom stereocenters. The molecule has 0 bridgehead atoms. The predicted octanol–water partition coefficient (Wildman–Crippen LogP) is 1.43. The molecule has 0 radical (unpaired) electrons. The quantitative estimate of drug-likeness (QED) is 0.648. The number of rotatable bonds is 3. The highest BCUT2D eigenvalue weighted by atomic mass is 16.6. The van der Waals surface area contributed by atoms with Gasteiger partial charge in [0, 0.05) is 25.1 Å². The molecule has 1 aromatic heterocycles. The van der Waals surface area contributed by atoms with E-state index in [4.69, 9.17) is 4.42 Å². The lowest BCUT2D eigenvalue weighted by atomic mass is 10.1. The fourth-order valence-corrected chi connectivity index (χ4v) is 2.17. The van der Waals surface area contributed by atoms with Crippen LogP contribution in [0.2, 0.25) is 0 Å². The predicted molar refractivity (Wildman–Crippen MR) is 70.3 cm³/mol. The van der Waals surface area contributed by atoms with Gasteiger partial charge in [-0.05, 0) is 12.5 Å². The molecule has 1 fully saturated rings. The van der Waals surface area contributed by atoms with Crippen LogP contribution in [0, 0.1) is 10.1 Å². The summed E-state index contributed by atoms with van der Waals surface area (Å²) >= 11 is 0. The maximum Gasteiger partial charge on any atom is 0.298 e. The van der Waals surface area contributed by atoms with Crippen molar-refractivity contribution in [3.8, 4) is 0 Å². The number of aromatic nitrogens is 1. The first-order chi connectivity index (χ1) is 9.63. The Morgan fingerprint density at radius 1 is 1.50 bits per heavy atom. The molecule has 1 aliphatic rings. The number of piperidine rings is 1. The number of hydrogen-bond acceptors (Lipinski definition) is 6. The number of anilines is 1. The van der Waals surface area contributed by atoms with E-state index < -0.39 is 4.92 Å². The van der Waals surface area contributed by atoms with Crippen molar-refractivity contribution in [3.05, 3.63) is 28.3 Å². The first-order valence-electron chi connectivity index (χ1n) is 6.20. The van der Waals surface area contributed by atoms with Crippen molar-refractivity contribution in [2.45, 2.75) is 18.9 Å². The number of oxazole rings is 1. The summed E-state index contributed by atoms with van der Waals surface area (Å²) in [6.45, 7) is 0.486. The Hall–Kier alpha value is -2.64. The van der Waals surface area contributed by atoms with Crippen molar-refractivity contribution in [2.75, 3.05) is 11.9 Å². The minimum atomic E-state index is -0.491. The number of fused-ring (bicyclic) bond motifs is 1. The summed E-state index contributed by atoms with van der Waals surface area (Å²) in [4.78, 5) is 25.6. The molecule has 8 heteroatoms. The van der Waals surface area contributed by atoms with Crippen LogP contribution < -0.4 is 10.6 Å². The van der Waals surface area contributed by atoms with Crippen LogP contribution in [0.1, 0.15) is 12.8 Å². The van der Waals surface area contributed by atoms with E-state index in [-0.39, 0.29) is 29.2 Å². The van der Waals surface area contributed by atoms with E-state index in [1.54, 1.807) is 12.1 Å². The SMILES string of the molecule is O=C1CCC(Nc2nc3c([N+](=O)[O-])cccc3o2)CN1. The van der Waals surface area contributed by atoms with Gasteiger partial charge < -0.3 is 15.1 Å². The molecule has 3 rings (SSSR count). The van der Waals surface area contributed by atoms with Crippen molar-refractivity contribution < 1.29 is 14.1 Å². The van der Waals surface area contributed by atoms with Gasteiger partial charge in [0.15, 0.2) is 11.1 Å². The van der Waals surface area contributed by atoms with E-state index in [0.29, 0.717) is 25.0 Å². The third-order valence-corrected chi connectivity index (χ3v) is 3.19. The van der Waals surface area contributed by atoms with Gasteiger partial charge in [-0.1, -0.05) is 6.07 Å². The average Bonchev–Trinajstić information content (AvgIpc) is 2.83. The normalized spacial score (nSPS) is 18.8. The van der Waals surface area contributed by atoms with Crippen LogP contribution in [-0.4, -0.2) is 28.4 Å². The second-order valence-corrected chi connectivity index (χ2v) is 4.58. The van der Waals surface area contributed by atoms with E-state index in [9.17, 15) is 14.9 Å². The largest absolute Gasteiger partial charge is 0.423 e. The molecule has 1 atom stereocenters. The van der Waals surface area contributed by atoms with Gasteiger partial charge in [0.25, 0.3) is 11.7 Å². The highest BCUT2D eigenvalue weighted by Gasteiger charge is 2.21. The monoisotopic (exact) mass is 276 g/mol. The molecule has 2 N–H and O–H groups in total. The van der Waals surface area contributed by atoms with Crippen molar-refractivity contribution in [1.29, 1.82) is 0 Å². The van der Waals surface area contributed by atoms with Crippen molar-refractivity contribution in [1.82, 2.24) is 10.3 Å². The number of para-hydroxylation sites is 1. The summed E-state index contributed by atoms with van der Waals surface area (Å²) < 4.78 is 5.45. The number of nitrogens with zero attached hydrogens (tertiary/aromatic N) is 2. The molecule has 1 aliphatic heterocycles. The molecule has 1 aromatic carbocycles. The van der Waals surface area contributed by atoms with Gasteiger partial charge in [0.2, 0.25) is 5.91 Å². The smallest absolute Gasteiger partial charge is 0.298 e. The van der Waals surface area contributed by atoms with Crippen molar-refractivity contribution in [3.63, 3.8) is 0 Å². The molecule has 1 amide bonds. The molecule has 8 nitrogen and oxygen atoms in total. The lowest BCUT2D eigenvalue weighted by Crippen LogP contribution is -2.41. The zero-order chi connectivity index (χ0) is 14.1. The standard InChI is InChI=1S/C12H12N4O4/c17-10-5-4-7(6-13-10)14-12-15-11-8(16(18)19)2-1-3-9(11)20-12/h1-3,7H,4-6H2,(H,13,17)(H,14,15). The second kappa shape index (κ2) is 4.80. The third kappa shape index (κ3) is 2.27. The Kier molecular flexibility index (Phi) is 2.97. The topological polar surface area (TPSA) is 110 Å². The molecule has 1 saturated heterocycles. The summed E-state index contributed by atoms with van der Waals surface area (Å²) in [5, 5.41) is 16.7. The van der Waals surface area contributed by atoms with E-state index in [1.807, 2.05) is 0 Å². The number of nitro benzene ring substituents is 1. The van der Waals surface area contributed by atoms with Crippen LogP contribution in [0.5, 0.6) is 0 Å². The highest BCUT2D eigenvalue weighted by molar-refractivity contribution is 5.84. The number of nitrogens with one attached hydrogen (secondary N) is 2. The average molecular weight is 276 g/mol. The molecule has 0 aliphatic carbocycles. The fourth-order valence-electron chi connectivity index (χ4n) is 2.17. The lowest BCUT2D eigenvalue weighted by molar-refractivity contribution is -0.383. The van der Waals surface area contributed by atoms with Gasteiger partial charge in [0.1, 0.15) is 0 Å². The van der Waals surface area contributed by atoms with Crippen LogP contribution in [0.3, 0.4) is 0 Å². The molecular formula is C12H12N4O4. The van der Waals surface area contributed by atoms with E-state index in [0.717, 1.165) is 0 Å². The Bertz CT molecular complexity index is 671. The van der Waals surface area contributed by atoms with E-state index in [2.05, 4.69) is 15.6 Å². The molecule has 2 aromatic rings. The lowest BCUT2D eigenvalue weighted by Gasteiger charge is -2.22. The Balaban J connectivity index is 1.84. The fraction of sp³-hybridized carbons (Fsp3) is 0.333. The van der Waals surface area contributed by atoms with Crippen molar-refractivity contribution >= 4 is 28.7 Å². The minimum absolute atomic E-state index is 0.0137. The molecule has 2 heterocycles. The number of non-ortho nitro benzene ring substituents is 1. The number of hydrogen-bond donors (Lipinski definition) is 2. The van der Waals surface area contributed by atoms with Gasteiger partial charge in [-0.25, -0.2) is 0 Å². The zero-order valence-corrected chi connectivity index (χ0v) is 10.5. The Morgan fingerprint density at radius 3 is 3.05 bits per heavy atom. The molecule has 0 spiro atoms. The van der Waals surface area contributed by atoms with Gasteiger partial charge in [-0.15, -0.1) is 0 Å². The number of nitro groups is 1. The summed E-state index contributed by atoms with van der Waals surface area (Å²) in [5.41, 5.74) is 0.498. The molecule has 20 heavy (non-hydrogen) atoms. The Morgan fingerprint density at radius 2 is 2.35 bits per heavy atom. The molecular weight excluding hydrogens is 264 g/mol. The highest BCUT2D eigenvalue weighted by Crippen LogP contribution is 2.27. The minimum Gasteiger partial charge on any atom is -0.423 e. The summed E-state index contributed by atoms with van der Waals surface area (Å²) in [7, 11) is 0.